The zero-order chi connectivity index (χ0) is 18.2. The Morgan fingerprint density at radius 1 is 1.15 bits per heavy atom. The fraction of sp³-hybridized carbons (Fsp3) is 0.263. The van der Waals surface area contributed by atoms with Gasteiger partial charge in [0.25, 0.3) is 5.91 Å². The highest BCUT2D eigenvalue weighted by Crippen LogP contribution is 2.14. The number of amides is 1. The average molecular weight is 351 g/mol. The van der Waals surface area contributed by atoms with Crippen molar-refractivity contribution in [1.29, 1.82) is 0 Å². The smallest absolute Gasteiger partial charge is 0.251 e. The average Bonchev–Trinajstić information content (AvgIpc) is 3.15. The van der Waals surface area contributed by atoms with E-state index in [1.807, 2.05) is 37.3 Å². The number of rotatable bonds is 8. The summed E-state index contributed by atoms with van der Waals surface area (Å²) in [5.41, 5.74) is 1.75. The Balaban J connectivity index is 1.53. The number of carbonyl (C=O) groups is 1. The number of carbonyl (C=O) groups excluding carboxylic acids is 1. The third-order valence-electron chi connectivity index (χ3n) is 3.91. The van der Waals surface area contributed by atoms with E-state index in [9.17, 15) is 4.79 Å². The van der Waals surface area contributed by atoms with Crippen molar-refractivity contribution >= 4 is 5.91 Å². The van der Waals surface area contributed by atoms with Gasteiger partial charge in [0.05, 0.1) is 0 Å². The number of benzene rings is 2. The van der Waals surface area contributed by atoms with Gasteiger partial charge >= 0.3 is 0 Å². The number of hydrogen-bond acceptors (Lipinski definition) is 5. The summed E-state index contributed by atoms with van der Waals surface area (Å²) in [5, 5.41) is 14.3. The summed E-state index contributed by atoms with van der Waals surface area (Å²) in [6, 6.07) is 17.1. The molecule has 134 valence electrons. The van der Waals surface area contributed by atoms with Gasteiger partial charge < -0.3 is 10.1 Å². The summed E-state index contributed by atoms with van der Waals surface area (Å²) < 4.78 is 7.38. The van der Waals surface area contributed by atoms with Crippen molar-refractivity contribution in [1.82, 2.24) is 25.5 Å². The van der Waals surface area contributed by atoms with Crippen LogP contribution in [0.1, 0.15) is 28.7 Å². The molecule has 7 nitrogen and oxygen atoms in total. The molecule has 1 N–H and O–H groups in total. The summed E-state index contributed by atoms with van der Waals surface area (Å²) in [4.78, 5) is 12.3. The van der Waals surface area contributed by atoms with Crippen LogP contribution in [0.25, 0.3) is 0 Å². The quantitative estimate of drug-likeness (QED) is 0.673. The third-order valence-corrected chi connectivity index (χ3v) is 3.91. The molecule has 3 rings (SSSR count). The third kappa shape index (κ3) is 4.66. The maximum atomic E-state index is 12.3. The predicted octanol–water partition coefficient (Wildman–Crippen LogP) is 2.24. The molecule has 0 aliphatic carbocycles. The number of tetrazole rings is 1. The molecule has 7 heteroatoms. The SMILES string of the molecule is CCn1nnnc1COc1cccc(C(=O)NCCc2ccccc2)c1. The summed E-state index contributed by atoms with van der Waals surface area (Å²) >= 11 is 0. The highest BCUT2D eigenvalue weighted by molar-refractivity contribution is 5.94. The number of nitrogens with zero attached hydrogens (tertiary/aromatic N) is 4. The fourth-order valence-electron chi connectivity index (χ4n) is 2.51. The van der Waals surface area contributed by atoms with E-state index < -0.39 is 0 Å². The lowest BCUT2D eigenvalue weighted by atomic mass is 10.1. The molecular formula is C19H21N5O2. The highest BCUT2D eigenvalue weighted by atomic mass is 16.5. The van der Waals surface area contributed by atoms with Gasteiger partial charge in [-0.3, -0.25) is 4.79 Å². The minimum absolute atomic E-state index is 0.121. The van der Waals surface area contributed by atoms with Crippen LogP contribution in [0.3, 0.4) is 0 Å². The van der Waals surface area contributed by atoms with Crippen LogP contribution < -0.4 is 10.1 Å². The van der Waals surface area contributed by atoms with E-state index in [1.165, 1.54) is 5.56 Å². The Hall–Kier alpha value is -3.22. The summed E-state index contributed by atoms with van der Waals surface area (Å²) in [6.45, 7) is 3.47. The van der Waals surface area contributed by atoms with Crippen LogP contribution in [0.5, 0.6) is 5.75 Å². The minimum atomic E-state index is -0.121. The molecule has 1 amide bonds. The normalized spacial score (nSPS) is 10.5. The molecular weight excluding hydrogens is 330 g/mol. The van der Waals surface area contributed by atoms with Crippen LogP contribution >= 0.6 is 0 Å². The van der Waals surface area contributed by atoms with Crippen molar-refractivity contribution in [2.24, 2.45) is 0 Å². The molecule has 0 radical (unpaired) electrons. The molecule has 3 aromatic rings. The van der Waals surface area contributed by atoms with Gasteiger partial charge in [0.1, 0.15) is 12.4 Å². The molecule has 0 unspecified atom stereocenters. The molecule has 0 fully saturated rings. The zero-order valence-corrected chi connectivity index (χ0v) is 14.6. The lowest BCUT2D eigenvalue weighted by Crippen LogP contribution is -2.25. The maximum Gasteiger partial charge on any atom is 0.251 e. The van der Waals surface area contributed by atoms with Gasteiger partial charge in [0.15, 0.2) is 5.82 Å². The van der Waals surface area contributed by atoms with Crippen LogP contribution in [0, 0.1) is 0 Å². The van der Waals surface area contributed by atoms with E-state index in [2.05, 4.69) is 20.8 Å². The number of nitrogens with one attached hydrogen (secondary N) is 1. The molecule has 26 heavy (non-hydrogen) atoms. The van der Waals surface area contributed by atoms with Crippen LogP contribution in [-0.2, 0) is 19.6 Å². The number of aromatic nitrogens is 4. The zero-order valence-electron chi connectivity index (χ0n) is 14.6. The van der Waals surface area contributed by atoms with E-state index in [0.29, 0.717) is 30.2 Å². The number of ether oxygens (including phenoxy) is 1. The van der Waals surface area contributed by atoms with Gasteiger partial charge in [-0.05, 0) is 47.5 Å². The van der Waals surface area contributed by atoms with Crippen LogP contribution in [0.2, 0.25) is 0 Å². The van der Waals surface area contributed by atoms with Crippen molar-refractivity contribution in [3.8, 4) is 5.75 Å². The van der Waals surface area contributed by atoms with Crippen molar-refractivity contribution in [2.75, 3.05) is 6.54 Å². The van der Waals surface area contributed by atoms with Crippen LogP contribution in [0.15, 0.2) is 54.6 Å². The van der Waals surface area contributed by atoms with E-state index in [0.717, 1.165) is 6.42 Å². The van der Waals surface area contributed by atoms with Crippen molar-refractivity contribution < 1.29 is 9.53 Å². The van der Waals surface area contributed by atoms with E-state index in [-0.39, 0.29) is 12.5 Å². The predicted molar refractivity (Wildman–Crippen MR) is 96.7 cm³/mol. The molecule has 0 bridgehead atoms. The molecule has 0 saturated heterocycles. The Morgan fingerprint density at radius 3 is 2.81 bits per heavy atom. The molecule has 0 aliphatic rings. The van der Waals surface area contributed by atoms with Gasteiger partial charge in [0, 0.05) is 18.7 Å². The first kappa shape index (κ1) is 17.6. The van der Waals surface area contributed by atoms with Gasteiger partial charge in [-0.25, -0.2) is 4.68 Å². The Bertz CT molecular complexity index is 848. The lowest BCUT2D eigenvalue weighted by Gasteiger charge is -2.09. The number of aryl methyl sites for hydroxylation is 1. The largest absolute Gasteiger partial charge is 0.486 e. The first-order valence-corrected chi connectivity index (χ1v) is 8.56. The van der Waals surface area contributed by atoms with Gasteiger partial charge in [-0.15, -0.1) is 5.10 Å². The van der Waals surface area contributed by atoms with E-state index in [1.54, 1.807) is 28.9 Å². The molecule has 0 spiro atoms. The molecule has 1 heterocycles. The van der Waals surface area contributed by atoms with Crippen molar-refractivity contribution in [2.45, 2.75) is 26.5 Å². The van der Waals surface area contributed by atoms with Gasteiger partial charge in [0.2, 0.25) is 0 Å². The van der Waals surface area contributed by atoms with Crippen LogP contribution in [-0.4, -0.2) is 32.7 Å². The molecule has 0 saturated carbocycles. The first-order valence-electron chi connectivity index (χ1n) is 8.56. The Kier molecular flexibility index (Phi) is 5.92. The Morgan fingerprint density at radius 2 is 2.00 bits per heavy atom. The van der Waals surface area contributed by atoms with E-state index in [4.69, 9.17) is 4.74 Å². The van der Waals surface area contributed by atoms with Crippen molar-refractivity contribution in [3.63, 3.8) is 0 Å². The molecule has 0 aliphatic heterocycles. The van der Waals surface area contributed by atoms with E-state index >= 15 is 0 Å². The highest BCUT2D eigenvalue weighted by Gasteiger charge is 2.08. The fourth-order valence-corrected chi connectivity index (χ4v) is 2.51. The second kappa shape index (κ2) is 8.75. The molecule has 0 atom stereocenters. The second-order valence-electron chi connectivity index (χ2n) is 5.72. The summed E-state index contributed by atoms with van der Waals surface area (Å²) in [5.74, 6) is 1.13. The second-order valence-corrected chi connectivity index (χ2v) is 5.72. The van der Waals surface area contributed by atoms with Gasteiger partial charge in [-0.1, -0.05) is 36.4 Å². The summed E-state index contributed by atoms with van der Waals surface area (Å²) in [6.07, 6.45) is 0.794. The standard InChI is InChI=1S/C19H21N5O2/c1-2-24-18(21-22-23-24)14-26-17-10-6-9-16(13-17)19(25)20-12-11-15-7-4-3-5-8-15/h3-10,13H,2,11-12,14H2,1H3,(H,20,25). The first-order chi connectivity index (χ1) is 12.8. The van der Waals surface area contributed by atoms with Crippen LogP contribution in [0.4, 0.5) is 0 Å². The minimum Gasteiger partial charge on any atom is -0.486 e. The Labute approximate surface area is 152 Å². The number of hydrogen-bond donors (Lipinski definition) is 1. The monoisotopic (exact) mass is 351 g/mol. The molecule has 2 aromatic carbocycles. The molecule has 1 aromatic heterocycles. The van der Waals surface area contributed by atoms with Crippen molar-refractivity contribution in [3.05, 3.63) is 71.5 Å². The topological polar surface area (TPSA) is 81.9 Å². The summed E-state index contributed by atoms with van der Waals surface area (Å²) in [7, 11) is 0. The lowest BCUT2D eigenvalue weighted by molar-refractivity contribution is 0.0953. The maximum absolute atomic E-state index is 12.3. The van der Waals surface area contributed by atoms with Gasteiger partial charge in [-0.2, -0.15) is 0 Å².